The van der Waals surface area contributed by atoms with Crippen LogP contribution in [0.25, 0.3) is 0 Å². The fraction of sp³-hybridized carbons (Fsp3) is 0.294. The molecule has 6 nitrogen and oxygen atoms in total. The second-order valence-corrected chi connectivity index (χ2v) is 6.18. The number of anilines is 1. The number of hydrogen-bond donors (Lipinski definition) is 3. The number of nitrogens with zero attached hydrogens (tertiary/aromatic N) is 1. The van der Waals surface area contributed by atoms with Crippen LogP contribution in [-0.4, -0.2) is 17.4 Å². The molecule has 0 radical (unpaired) electrons. The molecule has 1 aromatic carbocycles. The molecule has 0 fully saturated rings. The summed E-state index contributed by atoms with van der Waals surface area (Å²) < 4.78 is 5.71. The van der Waals surface area contributed by atoms with Crippen LogP contribution in [0.5, 0.6) is 11.6 Å². The van der Waals surface area contributed by atoms with Crippen LogP contribution in [0.15, 0.2) is 42.6 Å². The first-order valence-corrected chi connectivity index (χ1v) is 7.36. The average Bonchev–Trinajstić information content (AvgIpc) is 2.53. The van der Waals surface area contributed by atoms with Crippen molar-refractivity contribution in [2.24, 2.45) is 5.84 Å². The highest BCUT2D eigenvalue weighted by Gasteiger charge is 2.13. The van der Waals surface area contributed by atoms with Gasteiger partial charge in [-0.2, -0.15) is 0 Å². The van der Waals surface area contributed by atoms with E-state index in [4.69, 9.17) is 10.6 Å². The normalized spacial score (nSPS) is 11.0. The Bertz CT molecular complexity index is 646. The van der Waals surface area contributed by atoms with E-state index >= 15 is 0 Å². The van der Waals surface area contributed by atoms with Crippen molar-refractivity contribution < 1.29 is 9.53 Å². The number of amides is 1. The van der Waals surface area contributed by atoms with Crippen LogP contribution >= 0.6 is 0 Å². The van der Waals surface area contributed by atoms with E-state index in [1.165, 1.54) is 5.56 Å². The number of carbonyl (C=O) groups is 1. The van der Waals surface area contributed by atoms with Crippen molar-refractivity contribution in [1.29, 1.82) is 0 Å². The Morgan fingerprint density at radius 1 is 1.17 bits per heavy atom. The van der Waals surface area contributed by atoms with Crippen molar-refractivity contribution in [2.45, 2.75) is 26.2 Å². The topological polar surface area (TPSA) is 89.3 Å². The zero-order chi connectivity index (χ0) is 16.9. The van der Waals surface area contributed by atoms with Gasteiger partial charge in [0.1, 0.15) is 5.75 Å². The molecule has 0 saturated heterocycles. The minimum Gasteiger partial charge on any atom is -0.439 e. The van der Waals surface area contributed by atoms with Gasteiger partial charge in [0.15, 0.2) is 0 Å². The number of nitrogens with one attached hydrogen (secondary N) is 2. The molecule has 0 aliphatic heterocycles. The summed E-state index contributed by atoms with van der Waals surface area (Å²) in [6.45, 7) is 6.59. The van der Waals surface area contributed by atoms with E-state index in [9.17, 15) is 4.79 Å². The SMILES string of the molecule is CC(C)(C)c1ccc(Oc2ccc(NCC(=O)NN)cn2)cc1. The average molecular weight is 314 g/mol. The van der Waals surface area contributed by atoms with E-state index in [2.05, 4.69) is 43.2 Å². The number of nitrogens with two attached hydrogens (primary N) is 1. The second kappa shape index (κ2) is 7.11. The Kier molecular flexibility index (Phi) is 5.18. The maximum absolute atomic E-state index is 11.0. The van der Waals surface area contributed by atoms with Gasteiger partial charge in [0.2, 0.25) is 5.88 Å². The van der Waals surface area contributed by atoms with Gasteiger partial charge in [-0.3, -0.25) is 10.2 Å². The summed E-state index contributed by atoms with van der Waals surface area (Å²) in [6.07, 6.45) is 1.60. The number of hydrazine groups is 1. The van der Waals surface area contributed by atoms with Crippen molar-refractivity contribution in [1.82, 2.24) is 10.4 Å². The lowest BCUT2D eigenvalue weighted by atomic mass is 9.87. The second-order valence-electron chi connectivity index (χ2n) is 6.18. The summed E-state index contributed by atoms with van der Waals surface area (Å²) in [5, 5.41) is 2.90. The van der Waals surface area contributed by atoms with Gasteiger partial charge >= 0.3 is 0 Å². The number of hydrogen-bond acceptors (Lipinski definition) is 5. The molecule has 0 saturated carbocycles. The first-order valence-electron chi connectivity index (χ1n) is 7.36. The Morgan fingerprint density at radius 2 is 1.87 bits per heavy atom. The van der Waals surface area contributed by atoms with Crippen LogP contribution in [0.2, 0.25) is 0 Å². The molecular weight excluding hydrogens is 292 g/mol. The molecule has 6 heteroatoms. The third kappa shape index (κ3) is 4.96. The summed E-state index contributed by atoms with van der Waals surface area (Å²) in [7, 11) is 0. The third-order valence-electron chi connectivity index (χ3n) is 3.29. The van der Waals surface area contributed by atoms with Crippen molar-refractivity contribution >= 4 is 11.6 Å². The molecule has 0 aliphatic carbocycles. The van der Waals surface area contributed by atoms with Crippen LogP contribution in [0.1, 0.15) is 26.3 Å². The van der Waals surface area contributed by atoms with E-state index in [1.807, 2.05) is 17.6 Å². The fourth-order valence-electron chi connectivity index (χ4n) is 1.92. The molecule has 0 aliphatic rings. The largest absolute Gasteiger partial charge is 0.439 e. The van der Waals surface area contributed by atoms with Crippen LogP contribution in [0.4, 0.5) is 5.69 Å². The van der Waals surface area contributed by atoms with Gasteiger partial charge in [-0.1, -0.05) is 32.9 Å². The summed E-state index contributed by atoms with van der Waals surface area (Å²) in [5.41, 5.74) is 4.12. The highest BCUT2D eigenvalue weighted by atomic mass is 16.5. The predicted molar refractivity (Wildman–Crippen MR) is 90.3 cm³/mol. The van der Waals surface area contributed by atoms with E-state index in [0.717, 1.165) is 5.75 Å². The molecule has 122 valence electrons. The predicted octanol–water partition coefficient (Wildman–Crippen LogP) is 2.57. The van der Waals surface area contributed by atoms with Gasteiger partial charge in [0.25, 0.3) is 5.91 Å². The van der Waals surface area contributed by atoms with Gasteiger partial charge in [-0.05, 0) is 29.2 Å². The lowest BCUT2D eigenvalue weighted by molar-refractivity contribution is -0.119. The highest BCUT2D eigenvalue weighted by molar-refractivity contribution is 5.79. The fourth-order valence-corrected chi connectivity index (χ4v) is 1.92. The van der Waals surface area contributed by atoms with E-state index < -0.39 is 0 Å². The number of carbonyl (C=O) groups excluding carboxylic acids is 1. The van der Waals surface area contributed by atoms with Crippen molar-refractivity contribution in [3.05, 3.63) is 48.2 Å². The smallest absolute Gasteiger partial charge is 0.253 e. The van der Waals surface area contributed by atoms with Crippen LogP contribution in [-0.2, 0) is 10.2 Å². The van der Waals surface area contributed by atoms with E-state index in [-0.39, 0.29) is 17.9 Å². The number of pyridine rings is 1. The number of benzene rings is 1. The molecule has 0 atom stereocenters. The van der Waals surface area contributed by atoms with Gasteiger partial charge in [-0.15, -0.1) is 0 Å². The molecule has 0 unspecified atom stereocenters. The molecule has 1 aromatic heterocycles. The highest BCUT2D eigenvalue weighted by Crippen LogP contribution is 2.26. The van der Waals surface area contributed by atoms with E-state index in [0.29, 0.717) is 11.6 Å². The Hall–Kier alpha value is -2.60. The van der Waals surface area contributed by atoms with Crippen LogP contribution < -0.4 is 21.3 Å². The molecule has 1 heterocycles. The zero-order valence-corrected chi connectivity index (χ0v) is 13.6. The molecule has 0 spiro atoms. The lowest BCUT2D eigenvalue weighted by Crippen LogP contribution is -2.35. The van der Waals surface area contributed by atoms with E-state index in [1.54, 1.807) is 18.3 Å². The summed E-state index contributed by atoms with van der Waals surface area (Å²) in [4.78, 5) is 15.2. The monoisotopic (exact) mass is 314 g/mol. The molecule has 1 amide bonds. The summed E-state index contributed by atoms with van der Waals surface area (Å²) in [6, 6.07) is 11.5. The van der Waals surface area contributed by atoms with Crippen molar-refractivity contribution in [3.63, 3.8) is 0 Å². The van der Waals surface area contributed by atoms with Gasteiger partial charge < -0.3 is 10.1 Å². The lowest BCUT2D eigenvalue weighted by Gasteiger charge is -2.19. The quantitative estimate of drug-likeness (QED) is 0.448. The first-order chi connectivity index (χ1) is 10.9. The molecule has 2 rings (SSSR count). The van der Waals surface area contributed by atoms with Crippen LogP contribution in [0, 0.1) is 0 Å². The van der Waals surface area contributed by atoms with Crippen molar-refractivity contribution in [2.75, 3.05) is 11.9 Å². The third-order valence-corrected chi connectivity index (χ3v) is 3.29. The Morgan fingerprint density at radius 3 is 2.39 bits per heavy atom. The molecule has 0 bridgehead atoms. The van der Waals surface area contributed by atoms with Gasteiger partial charge in [0, 0.05) is 6.07 Å². The number of aromatic nitrogens is 1. The van der Waals surface area contributed by atoms with Gasteiger partial charge in [-0.25, -0.2) is 10.8 Å². The Labute approximate surface area is 136 Å². The minimum atomic E-state index is -0.302. The number of ether oxygens (including phenoxy) is 1. The zero-order valence-electron chi connectivity index (χ0n) is 13.6. The molecule has 23 heavy (non-hydrogen) atoms. The summed E-state index contributed by atoms with van der Waals surface area (Å²) in [5.74, 6) is 5.93. The summed E-state index contributed by atoms with van der Waals surface area (Å²) >= 11 is 0. The standard InChI is InChI=1S/C17H22N4O2/c1-17(2,3)12-4-7-14(8-5-12)23-16-9-6-13(10-20-16)19-11-15(22)21-18/h4-10,19H,11,18H2,1-3H3,(H,21,22). The Balaban J connectivity index is 1.96. The minimum absolute atomic E-state index is 0.0899. The maximum atomic E-state index is 11.0. The number of rotatable bonds is 5. The first kappa shape index (κ1) is 16.8. The maximum Gasteiger partial charge on any atom is 0.253 e. The molecule has 2 aromatic rings. The van der Waals surface area contributed by atoms with Crippen LogP contribution in [0.3, 0.4) is 0 Å². The van der Waals surface area contributed by atoms with Crippen molar-refractivity contribution in [3.8, 4) is 11.6 Å². The van der Waals surface area contributed by atoms with Gasteiger partial charge in [0.05, 0.1) is 18.4 Å². The molecular formula is C17H22N4O2. The molecule has 4 N–H and O–H groups in total.